The van der Waals surface area contributed by atoms with Gasteiger partial charge in [-0.05, 0) is 55.5 Å². The van der Waals surface area contributed by atoms with Crippen LogP contribution in [-0.2, 0) is 4.74 Å². The van der Waals surface area contributed by atoms with Gasteiger partial charge in [-0.1, -0.05) is 0 Å². The summed E-state index contributed by atoms with van der Waals surface area (Å²) in [5.41, 5.74) is 1.44. The van der Waals surface area contributed by atoms with Crippen molar-refractivity contribution in [3.8, 4) is 0 Å². The zero-order valence-electron chi connectivity index (χ0n) is 12.4. The topological polar surface area (TPSA) is 46.6 Å². The first-order valence-corrected chi connectivity index (χ1v) is 6.82. The van der Waals surface area contributed by atoms with Crippen molar-refractivity contribution in [2.45, 2.75) is 6.92 Å². The Bertz CT molecular complexity index is 665. The third kappa shape index (κ3) is 3.31. The van der Waals surface area contributed by atoms with E-state index < -0.39 is 5.97 Å². The molecule has 2 aromatic rings. The Labute approximate surface area is 128 Å². The zero-order valence-corrected chi connectivity index (χ0v) is 12.4. The van der Waals surface area contributed by atoms with Crippen molar-refractivity contribution in [2.75, 3.05) is 18.6 Å². The molecule has 5 heteroatoms. The van der Waals surface area contributed by atoms with Crippen LogP contribution in [0.3, 0.4) is 0 Å². The van der Waals surface area contributed by atoms with Crippen molar-refractivity contribution in [1.82, 2.24) is 0 Å². The Morgan fingerprint density at radius 2 is 1.55 bits per heavy atom. The lowest BCUT2D eigenvalue weighted by Gasteiger charge is -2.21. The van der Waals surface area contributed by atoms with E-state index in [4.69, 9.17) is 0 Å². The molecule has 0 saturated heterocycles. The normalized spacial score (nSPS) is 10.1. The number of anilines is 1. The van der Waals surface area contributed by atoms with Crippen LogP contribution >= 0.6 is 0 Å². The number of carbonyl (C=O) groups is 2. The molecule has 0 aliphatic heterocycles. The first-order valence-electron chi connectivity index (χ1n) is 6.82. The maximum Gasteiger partial charge on any atom is 0.337 e. The molecule has 0 radical (unpaired) electrons. The van der Waals surface area contributed by atoms with Crippen LogP contribution in [-0.4, -0.2) is 25.5 Å². The van der Waals surface area contributed by atoms with Crippen LogP contribution in [0, 0.1) is 5.82 Å². The van der Waals surface area contributed by atoms with Gasteiger partial charge in [0.25, 0.3) is 5.91 Å². The number of nitrogens with zero attached hydrogens (tertiary/aromatic N) is 1. The molecule has 0 aliphatic carbocycles. The van der Waals surface area contributed by atoms with E-state index in [1.165, 1.54) is 36.3 Å². The smallest absolute Gasteiger partial charge is 0.337 e. The van der Waals surface area contributed by atoms with E-state index in [1.807, 2.05) is 6.92 Å². The largest absolute Gasteiger partial charge is 0.465 e. The SMILES string of the molecule is CCN(C(=O)c1ccc(C(=O)OC)cc1)c1ccc(F)cc1. The highest BCUT2D eigenvalue weighted by Crippen LogP contribution is 2.18. The minimum atomic E-state index is -0.454. The number of ether oxygens (including phenoxy) is 1. The van der Waals surface area contributed by atoms with E-state index >= 15 is 0 Å². The number of hydrogen-bond donors (Lipinski definition) is 0. The highest BCUT2D eigenvalue weighted by molar-refractivity contribution is 6.06. The van der Waals surface area contributed by atoms with Gasteiger partial charge in [-0.15, -0.1) is 0 Å². The molecule has 0 N–H and O–H groups in total. The van der Waals surface area contributed by atoms with Crippen LogP contribution in [0.4, 0.5) is 10.1 Å². The second-order valence-corrected chi connectivity index (χ2v) is 4.59. The van der Waals surface area contributed by atoms with Gasteiger partial charge in [-0.3, -0.25) is 4.79 Å². The first-order chi connectivity index (χ1) is 10.6. The standard InChI is InChI=1S/C17H16FNO3/c1-3-19(15-10-8-14(18)9-11-15)16(20)12-4-6-13(7-5-12)17(21)22-2/h4-11H,3H2,1-2H3. The summed E-state index contributed by atoms with van der Waals surface area (Å²) >= 11 is 0. The molecule has 114 valence electrons. The quantitative estimate of drug-likeness (QED) is 0.814. The van der Waals surface area contributed by atoms with E-state index in [0.29, 0.717) is 23.4 Å². The zero-order chi connectivity index (χ0) is 16.1. The van der Waals surface area contributed by atoms with E-state index in [9.17, 15) is 14.0 Å². The van der Waals surface area contributed by atoms with Gasteiger partial charge >= 0.3 is 5.97 Å². The summed E-state index contributed by atoms with van der Waals surface area (Å²) < 4.78 is 17.6. The van der Waals surface area contributed by atoms with E-state index in [0.717, 1.165) is 0 Å². The molecule has 2 rings (SSSR count). The molecule has 0 bridgehead atoms. The molecule has 22 heavy (non-hydrogen) atoms. The second kappa shape index (κ2) is 6.85. The van der Waals surface area contributed by atoms with Gasteiger partial charge in [0, 0.05) is 17.8 Å². The van der Waals surface area contributed by atoms with Gasteiger partial charge in [-0.25, -0.2) is 9.18 Å². The fraction of sp³-hybridized carbons (Fsp3) is 0.176. The molecule has 0 atom stereocenters. The average Bonchev–Trinajstić information content (AvgIpc) is 2.56. The lowest BCUT2D eigenvalue weighted by atomic mass is 10.1. The summed E-state index contributed by atoms with van der Waals surface area (Å²) in [5, 5.41) is 0. The van der Waals surface area contributed by atoms with Crippen molar-refractivity contribution < 1.29 is 18.7 Å². The molecule has 2 aromatic carbocycles. The second-order valence-electron chi connectivity index (χ2n) is 4.59. The monoisotopic (exact) mass is 301 g/mol. The fourth-order valence-electron chi connectivity index (χ4n) is 2.09. The van der Waals surface area contributed by atoms with Crippen molar-refractivity contribution in [1.29, 1.82) is 0 Å². The van der Waals surface area contributed by atoms with Gasteiger partial charge < -0.3 is 9.64 Å². The summed E-state index contributed by atoms with van der Waals surface area (Å²) in [5.74, 6) is -1.02. The van der Waals surface area contributed by atoms with Gasteiger partial charge in [0.15, 0.2) is 0 Å². The van der Waals surface area contributed by atoms with Crippen LogP contribution in [0.25, 0.3) is 0 Å². The van der Waals surface area contributed by atoms with E-state index in [1.54, 1.807) is 24.3 Å². The predicted octanol–water partition coefficient (Wildman–Crippen LogP) is 3.28. The van der Waals surface area contributed by atoms with Crippen molar-refractivity contribution in [3.63, 3.8) is 0 Å². The third-order valence-electron chi connectivity index (χ3n) is 3.25. The number of methoxy groups -OCH3 is 1. The van der Waals surface area contributed by atoms with Gasteiger partial charge in [0.2, 0.25) is 0 Å². The van der Waals surface area contributed by atoms with Gasteiger partial charge in [-0.2, -0.15) is 0 Å². The summed E-state index contributed by atoms with van der Waals surface area (Å²) in [4.78, 5) is 25.4. The Morgan fingerprint density at radius 1 is 1.00 bits per heavy atom. The third-order valence-corrected chi connectivity index (χ3v) is 3.25. The van der Waals surface area contributed by atoms with E-state index in [-0.39, 0.29) is 11.7 Å². The van der Waals surface area contributed by atoms with Crippen molar-refractivity contribution in [3.05, 3.63) is 65.5 Å². The molecule has 0 spiro atoms. The summed E-state index contributed by atoms with van der Waals surface area (Å²) in [6.07, 6.45) is 0. The lowest BCUT2D eigenvalue weighted by Crippen LogP contribution is -2.30. The summed E-state index contributed by atoms with van der Waals surface area (Å²) in [6, 6.07) is 12.0. The van der Waals surface area contributed by atoms with Gasteiger partial charge in [0.05, 0.1) is 12.7 Å². The Balaban J connectivity index is 2.25. The molecule has 0 heterocycles. The maximum atomic E-state index is 13.0. The minimum Gasteiger partial charge on any atom is -0.465 e. The molecule has 0 unspecified atom stereocenters. The average molecular weight is 301 g/mol. The van der Waals surface area contributed by atoms with Crippen molar-refractivity contribution in [2.24, 2.45) is 0 Å². The Hall–Kier alpha value is -2.69. The van der Waals surface area contributed by atoms with Crippen LogP contribution in [0.15, 0.2) is 48.5 Å². The number of benzene rings is 2. The number of rotatable bonds is 4. The number of hydrogen-bond acceptors (Lipinski definition) is 3. The molecule has 1 amide bonds. The van der Waals surface area contributed by atoms with Crippen LogP contribution in [0.5, 0.6) is 0 Å². The van der Waals surface area contributed by atoms with E-state index in [2.05, 4.69) is 4.74 Å². The van der Waals surface area contributed by atoms with Crippen LogP contribution in [0.2, 0.25) is 0 Å². The molecule has 0 aliphatic rings. The predicted molar refractivity (Wildman–Crippen MR) is 81.5 cm³/mol. The maximum absolute atomic E-state index is 13.0. The number of amides is 1. The Morgan fingerprint density at radius 3 is 2.05 bits per heavy atom. The molecular weight excluding hydrogens is 285 g/mol. The van der Waals surface area contributed by atoms with Gasteiger partial charge in [0.1, 0.15) is 5.82 Å². The number of carbonyl (C=O) groups excluding carboxylic acids is 2. The molecule has 0 aromatic heterocycles. The summed E-state index contributed by atoms with van der Waals surface area (Å²) in [6.45, 7) is 2.29. The highest BCUT2D eigenvalue weighted by Gasteiger charge is 2.16. The lowest BCUT2D eigenvalue weighted by molar-refractivity contribution is 0.0600. The van der Waals surface area contributed by atoms with Crippen LogP contribution < -0.4 is 4.90 Å². The molecular formula is C17H16FNO3. The molecule has 4 nitrogen and oxygen atoms in total. The minimum absolute atomic E-state index is 0.217. The van der Waals surface area contributed by atoms with Crippen LogP contribution in [0.1, 0.15) is 27.6 Å². The first kappa shape index (κ1) is 15.7. The molecule has 0 fully saturated rings. The molecule has 0 saturated carbocycles. The highest BCUT2D eigenvalue weighted by atomic mass is 19.1. The Kier molecular flexibility index (Phi) is 4.88. The van der Waals surface area contributed by atoms with Crippen molar-refractivity contribution >= 4 is 17.6 Å². The number of esters is 1. The number of halogens is 1. The summed E-state index contributed by atoms with van der Waals surface area (Å²) in [7, 11) is 1.30. The fourth-order valence-corrected chi connectivity index (χ4v) is 2.09.